The van der Waals surface area contributed by atoms with Gasteiger partial charge in [0.25, 0.3) is 0 Å². The summed E-state index contributed by atoms with van der Waals surface area (Å²) in [5.41, 5.74) is 2.03. The van der Waals surface area contributed by atoms with E-state index >= 15 is 0 Å². The lowest BCUT2D eigenvalue weighted by Gasteiger charge is -2.37. The van der Waals surface area contributed by atoms with Crippen LogP contribution in [0.25, 0.3) is 0 Å². The third-order valence-electron chi connectivity index (χ3n) is 6.31. The van der Waals surface area contributed by atoms with Crippen LogP contribution in [0.2, 0.25) is 0 Å². The normalized spacial score (nSPS) is 14.7. The number of carbonyl (C=O) groups excluding carboxylic acids is 2. The topological polar surface area (TPSA) is 68.3 Å². The quantitative estimate of drug-likeness (QED) is 0.392. The first-order valence-electron chi connectivity index (χ1n) is 12.0. The maximum Gasteiger partial charge on any atom is 0.242 e. The highest BCUT2D eigenvalue weighted by Gasteiger charge is 2.33. The van der Waals surface area contributed by atoms with E-state index in [0.717, 1.165) is 17.5 Å². The summed E-state index contributed by atoms with van der Waals surface area (Å²) in [5, 5.41) is 2.06. The maximum atomic E-state index is 13.6. The first kappa shape index (κ1) is 25.7. The van der Waals surface area contributed by atoms with Crippen molar-refractivity contribution < 1.29 is 23.8 Å². The lowest BCUT2D eigenvalue weighted by atomic mass is 10.0. The van der Waals surface area contributed by atoms with Crippen molar-refractivity contribution in [2.75, 3.05) is 47.1 Å². The summed E-state index contributed by atoms with van der Waals surface area (Å²) in [7, 11) is 3.21. The van der Waals surface area contributed by atoms with Crippen molar-refractivity contribution in [3.05, 3.63) is 82.0 Å². The molecule has 0 radical (unpaired) electrons. The molecular formula is C28H32N2O5S. The highest BCUT2D eigenvalue weighted by molar-refractivity contribution is 7.10. The summed E-state index contributed by atoms with van der Waals surface area (Å²) in [5.74, 6) is 1.21. The molecule has 0 fully saturated rings. The van der Waals surface area contributed by atoms with Crippen LogP contribution in [-0.2, 0) is 27.2 Å². The Balaban J connectivity index is 1.48. The Morgan fingerprint density at radius 1 is 1.06 bits per heavy atom. The van der Waals surface area contributed by atoms with E-state index in [1.165, 1.54) is 4.88 Å². The van der Waals surface area contributed by atoms with Crippen LogP contribution in [-0.4, -0.2) is 68.7 Å². The maximum absolute atomic E-state index is 13.6. The fourth-order valence-electron chi connectivity index (χ4n) is 4.37. The second-order valence-corrected chi connectivity index (χ2v) is 9.61. The number of fused-ring (bicyclic) bond motifs is 1. The van der Waals surface area contributed by atoms with Crippen molar-refractivity contribution in [1.82, 2.24) is 9.80 Å². The van der Waals surface area contributed by atoms with E-state index in [0.29, 0.717) is 37.8 Å². The van der Waals surface area contributed by atoms with Gasteiger partial charge in [-0.25, -0.2) is 0 Å². The van der Waals surface area contributed by atoms with Crippen LogP contribution in [0.4, 0.5) is 0 Å². The van der Waals surface area contributed by atoms with Gasteiger partial charge in [0.05, 0.1) is 32.7 Å². The summed E-state index contributed by atoms with van der Waals surface area (Å²) in [6.45, 7) is 1.63. The van der Waals surface area contributed by atoms with Gasteiger partial charge < -0.3 is 24.0 Å². The Hall–Kier alpha value is -3.36. The van der Waals surface area contributed by atoms with Gasteiger partial charge in [0.1, 0.15) is 18.1 Å². The predicted octanol–water partition coefficient (Wildman–Crippen LogP) is 3.98. The van der Waals surface area contributed by atoms with Crippen molar-refractivity contribution in [1.29, 1.82) is 0 Å². The summed E-state index contributed by atoms with van der Waals surface area (Å²) < 4.78 is 16.6. The van der Waals surface area contributed by atoms with Crippen LogP contribution < -0.4 is 9.47 Å². The number of rotatable bonds is 11. The largest absolute Gasteiger partial charge is 0.497 e. The van der Waals surface area contributed by atoms with Gasteiger partial charge in [-0.2, -0.15) is 0 Å². The third kappa shape index (κ3) is 6.44. The average molecular weight is 509 g/mol. The number of ether oxygens (including phenoxy) is 3. The zero-order chi connectivity index (χ0) is 25.3. The van der Waals surface area contributed by atoms with Crippen molar-refractivity contribution in [2.45, 2.75) is 18.9 Å². The Bertz CT molecular complexity index is 1150. The van der Waals surface area contributed by atoms with E-state index in [9.17, 15) is 9.59 Å². The molecule has 0 unspecified atom stereocenters. The molecule has 4 rings (SSSR count). The lowest BCUT2D eigenvalue weighted by molar-refractivity contribution is -0.142. The summed E-state index contributed by atoms with van der Waals surface area (Å²) in [4.78, 5) is 31.4. The molecule has 7 nitrogen and oxygen atoms in total. The molecule has 2 amide bonds. The van der Waals surface area contributed by atoms with Crippen LogP contribution in [0.15, 0.2) is 66.0 Å². The minimum absolute atomic E-state index is 0.00412. The third-order valence-corrected chi connectivity index (χ3v) is 7.30. The Morgan fingerprint density at radius 2 is 1.86 bits per heavy atom. The van der Waals surface area contributed by atoms with Crippen molar-refractivity contribution in [2.24, 2.45) is 0 Å². The van der Waals surface area contributed by atoms with Gasteiger partial charge in [0, 0.05) is 31.1 Å². The Labute approximate surface area is 216 Å². The highest BCUT2D eigenvalue weighted by Crippen LogP contribution is 2.34. The Kier molecular flexibility index (Phi) is 8.97. The predicted molar refractivity (Wildman–Crippen MR) is 140 cm³/mol. The molecule has 1 aliphatic rings. The second kappa shape index (κ2) is 12.6. The molecule has 0 bridgehead atoms. The SMILES string of the molecule is COCCN(CC(=O)N1CCc2sccc2[C@@H]1COc1cccc(OC)c1)C(=O)Cc1ccccc1. The standard InChI is InChI=1S/C28H32N2O5S/c1-33-15-14-29(27(31)17-21-7-4-3-5-8-21)19-28(32)30-13-11-26-24(12-16-36-26)25(30)20-35-23-10-6-9-22(18-23)34-2/h3-10,12,16,18,25H,11,13-15,17,19-20H2,1-2H3/t25-/m0/s1. The first-order chi connectivity index (χ1) is 17.6. The van der Waals surface area contributed by atoms with Crippen LogP contribution in [0.5, 0.6) is 11.5 Å². The number of thiophene rings is 1. The number of benzene rings is 2. The van der Waals surface area contributed by atoms with Crippen LogP contribution >= 0.6 is 11.3 Å². The number of hydrogen-bond donors (Lipinski definition) is 0. The highest BCUT2D eigenvalue weighted by atomic mass is 32.1. The van der Waals surface area contributed by atoms with Crippen LogP contribution in [0.3, 0.4) is 0 Å². The molecule has 1 aliphatic heterocycles. The van der Waals surface area contributed by atoms with Crippen molar-refractivity contribution in [3.8, 4) is 11.5 Å². The van der Waals surface area contributed by atoms with Gasteiger partial charge in [-0.05, 0) is 41.1 Å². The molecular weight excluding hydrogens is 476 g/mol. The molecule has 0 saturated heterocycles. The van der Waals surface area contributed by atoms with E-state index in [-0.39, 0.29) is 30.8 Å². The Morgan fingerprint density at radius 3 is 2.64 bits per heavy atom. The van der Waals surface area contributed by atoms with E-state index < -0.39 is 0 Å². The minimum atomic E-state index is -0.229. The first-order valence-corrected chi connectivity index (χ1v) is 12.9. The second-order valence-electron chi connectivity index (χ2n) is 8.61. The van der Waals surface area contributed by atoms with E-state index in [1.54, 1.807) is 30.5 Å². The number of hydrogen-bond acceptors (Lipinski definition) is 6. The van der Waals surface area contributed by atoms with Crippen LogP contribution in [0, 0.1) is 0 Å². The van der Waals surface area contributed by atoms with Gasteiger partial charge in [0.15, 0.2) is 0 Å². The summed E-state index contributed by atoms with van der Waals surface area (Å²) >= 11 is 1.71. The van der Waals surface area contributed by atoms with E-state index in [1.807, 2.05) is 59.5 Å². The molecule has 1 atom stereocenters. The van der Waals surface area contributed by atoms with Gasteiger partial charge in [-0.3, -0.25) is 9.59 Å². The fraction of sp³-hybridized carbons (Fsp3) is 0.357. The number of amides is 2. The molecule has 3 aromatic rings. The average Bonchev–Trinajstić information content (AvgIpc) is 3.39. The van der Waals surface area contributed by atoms with Gasteiger partial charge in [-0.1, -0.05) is 36.4 Å². The number of nitrogens with zero attached hydrogens (tertiary/aromatic N) is 2. The van der Waals surface area contributed by atoms with Crippen molar-refractivity contribution in [3.63, 3.8) is 0 Å². The smallest absolute Gasteiger partial charge is 0.242 e. The molecule has 8 heteroatoms. The minimum Gasteiger partial charge on any atom is -0.497 e. The summed E-state index contributed by atoms with van der Waals surface area (Å²) in [6, 6.07) is 18.9. The molecule has 2 aromatic carbocycles. The molecule has 0 saturated carbocycles. The van der Waals surface area contributed by atoms with Crippen molar-refractivity contribution >= 4 is 23.2 Å². The van der Waals surface area contributed by atoms with Gasteiger partial charge >= 0.3 is 0 Å². The molecule has 1 aromatic heterocycles. The number of carbonyl (C=O) groups is 2. The van der Waals surface area contributed by atoms with E-state index in [2.05, 4.69) is 11.4 Å². The number of methoxy groups -OCH3 is 2. The van der Waals surface area contributed by atoms with Crippen LogP contribution in [0.1, 0.15) is 22.0 Å². The fourth-order valence-corrected chi connectivity index (χ4v) is 5.30. The zero-order valence-electron chi connectivity index (χ0n) is 20.7. The molecule has 36 heavy (non-hydrogen) atoms. The van der Waals surface area contributed by atoms with Gasteiger partial charge in [0.2, 0.25) is 11.8 Å². The molecule has 0 N–H and O–H groups in total. The molecule has 0 spiro atoms. The molecule has 2 heterocycles. The zero-order valence-corrected chi connectivity index (χ0v) is 21.5. The van der Waals surface area contributed by atoms with Gasteiger partial charge in [-0.15, -0.1) is 11.3 Å². The summed E-state index contributed by atoms with van der Waals surface area (Å²) in [6.07, 6.45) is 1.04. The lowest BCUT2D eigenvalue weighted by Crippen LogP contribution is -2.48. The molecule has 190 valence electrons. The monoisotopic (exact) mass is 508 g/mol. The molecule has 0 aliphatic carbocycles. The van der Waals surface area contributed by atoms with E-state index in [4.69, 9.17) is 14.2 Å².